The summed E-state index contributed by atoms with van der Waals surface area (Å²) in [4.78, 5) is 26.7. The summed E-state index contributed by atoms with van der Waals surface area (Å²) in [6.45, 7) is 1.97. The van der Waals surface area contributed by atoms with Crippen molar-refractivity contribution in [3.05, 3.63) is 77.2 Å². The summed E-state index contributed by atoms with van der Waals surface area (Å²) in [5, 5.41) is 17.3. The number of anilines is 2. The van der Waals surface area contributed by atoms with Gasteiger partial charge in [-0.25, -0.2) is 0 Å². The average molecular weight is 490 g/mol. The van der Waals surface area contributed by atoms with E-state index >= 15 is 0 Å². The van der Waals surface area contributed by atoms with E-state index in [4.69, 9.17) is 0 Å². The van der Waals surface area contributed by atoms with Crippen LogP contribution in [-0.2, 0) is 4.79 Å². The molecule has 0 unspecified atom stereocenters. The molecule has 2 amide bonds. The van der Waals surface area contributed by atoms with Crippen LogP contribution in [0.1, 0.15) is 34.8 Å². The SMILES string of the molecule is Cc1cccc(NC(=O)c2ccccc2NC(=O)CSc2nnc(-c3cccs3)n2C2CC2)c1. The Morgan fingerprint density at radius 2 is 1.91 bits per heavy atom. The summed E-state index contributed by atoms with van der Waals surface area (Å²) in [7, 11) is 0. The van der Waals surface area contributed by atoms with Crippen molar-refractivity contribution in [1.82, 2.24) is 14.8 Å². The van der Waals surface area contributed by atoms with Gasteiger partial charge < -0.3 is 10.6 Å². The van der Waals surface area contributed by atoms with Gasteiger partial charge in [-0.3, -0.25) is 14.2 Å². The van der Waals surface area contributed by atoms with Crippen LogP contribution in [0.15, 0.2) is 71.2 Å². The van der Waals surface area contributed by atoms with Gasteiger partial charge in [0.25, 0.3) is 5.91 Å². The van der Waals surface area contributed by atoms with Gasteiger partial charge in [0.1, 0.15) is 0 Å². The van der Waals surface area contributed by atoms with Crippen LogP contribution in [0.5, 0.6) is 0 Å². The van der Waals surface area contributed by atoms with Crippen LogP contribution in [0.2, 0.25) is 0 Å². The quantitative estimate of drug-likeness (QED) is 0.313. The van der Waals surface area contributed by atoms with Crippen LogP contribution in [0.3, 0.4) is 0 Å². The maximum atomic E-state index is 12.9. The fourth-order valence-electron chi connectivity index (χ4n) is 3.64. The van der Waals surface area contributed by atoms with Crippen molar-refractivity contribution in [2.24, 2.45) is 0 Å². The Hall–Kier alpha value is -3.43. The molecular formula is C25H23N5O2S2. The third kappa shape index (κ3) is 5.05. The Morgan fingerprint density at radius 1 is 1.06 bits per heavy atom. The Balaban J connectivity index is 1.26. The second kappa shape index (κ2) is 9.82. The number of thioether (sulfide) groups is 1. The van der Waals surface area contributed by atoms with E-state index in [9.17, 15) is 9.59 Å². The van der Waals surface area contributed by atoms with E-state index < -0.39 is 0 Å². The van der Waals surface area contributed by atoms with Gasteiger partial charge in [0, 0.05) is 11.7 Å². The molecule has 1 aliphatic rings. The predicted molar refractivity (Wildman–Crippen MR) is 137 cm³/mol. The highest BCUT2D eigenvalue weighted by Crippen LogP contribution is 2.41. The van der Waals surface area contributed by atoms with Gasteiger partial charge in [0.2, 0.25) is 5.91 Å². The van der Waals surface area contributed by atoms with Gasteiger partial charge in [-0.2, -0.15) is 0 Å². The van der Waals surface area contributed by atoms with E-state index in [1.807, 2.05) is 48.7 Å². The zero-order valence-electron chi connectivity index (χ0n) is 18.5. The van der Waals surface area contributed by atoms with Crippen LogP contribution in [0.4, 0.5) is 11.4 Å². The maximum Gasteiger partial charge on any atom is 0.257 e. The molecule has 0 saturated heterocycles. The predicted octanol–water partition coefficient (Wildman–Crippen LogP) is 5.63. The number of aryl methyl sites for hydroxylation is 1. The van der Waals surface area contributed by atoms with Crippen molar-refractivity contribution in [3.63, 3.8) is 0 Å². The molecule has 5 rings (SSSR count). The third-order valence-corrected chi connectivity index (χ3v) is 7.18. The summed E-state index contributed by atoms with van der Waals surface area (Å²) < 4.78 is 2.15. The van der Waals surface area contributed by atoms with Crippen LogP contribution in [0, 0.1) is 6.92 Å². The largest absolute Gasteiger partial charge is 0.325 e. The average Bonchev–Trinajstić information content (AvgIpc) is 3.34. The number of nitrogens with zero attached hydrogens (tertiary/aromatic N) is 3. The minimum atomic E-state index is -0.275. The molecule has 172 valence electrons. The van der Waals surface area contributed by atoms with E-state index in [1.54, 1.807) is 35.6 Å². The van der Waals surface area contributed by atoms with Crippen LogP contribution >= 0.6 is 23.1 Å². The molecule has 1 saturated carbocycles. The number of hydrogen-bond acceptors (Lipinski definition) is 6. The van der Waals surface area contributed by atoms with E-state index in [1.165, 1.54) is 11.8 Å². The summed E-state index contributed by atoms with van der Waals surface area (Å²) in [5.74, 6) is 0.550. The zero-order chi connectivity index (χ0) is 23.5. The Morgan fingerprint density at radius 3 is 2.68 bits per heavy atom. The van der Waals surface area contributed by atoms with Gasteiger partial charge >= 0.3 is 0 Å². The highest BCUT2D eigenvalue weighted by atomic mass is 32.2. The lowest BCUT2D eigenvalue weighted by molar-refractivity contribution is -0.113. The van der Waals surface area contributed by atoms with Crippen LogP contribution in [0.25, 0.3) is 10.7 Å². The van der Waals surface area contributed by atoms with Crippen LogP contribution in [-0.4, -0.2) is 32.3 Å². The van der Waals surface area contributed by atoms with Crippen molar-refractivity contribution < 1.29 is 9.59 Å². The summed E-state index contributed by atoms with van der Waals surface area (Å²) in [6.07, 6.45) is 2.19. The lowest BCUT2D eigenvalue weighted by atomic mass is 10.1. The number of amides is 2. The minimum absolute atomic E-state index is 0.170. The smallest absolute Gasteiger partial charge is 0.257 e. The summed E-state index contributed by atoms with van der Waals surface area (Å²) in [6, 6.07) is 19.0. The van der Waals surface area contributed by atoms with Crippen molar-refractivity contribution in [2.75, 3.05) is 16.4 Å². The Bertz CT molecular complexity index is 1330. The van der Waals surface area contributed by atoms with Crippen molar-refractivity contribution in [1.29, 1.82) is 0 Å². The molecule has 0 aliphatic heterocycles. The molecule has 2 N–H and O–H groups in total. The lowest BCUT2D eigenvalue weighted by Gasteiger charge is -2.12. The number of carbonyl (C=O) groups is 2. The molecular weight excluding hydrogens is 466 g/mol. The van der Waals surface area contributed by atoms with Gasteiger partial charge in [-0.1, -0.05) is 42.1 Å². The lowest BCUT2D eigenvalue weighted by Crippen LogP contribution is -2.19. The molecule has 0 bridgehead atoms. The first-order valence-electron chi connectivity index (χ1n) is 11.0. The topological polar surface area (TPSA) is 88.9 Å². The van der Waals surface area contributed by atoms with Crippen molar-refractivity contribution in [2.45, 2.75) is 31.0 Å². The fraction of sp³-hybridized carbons (Fsp3) is 0.200. The first-order chi connectivity index (χ1) is 16.6. The highest BCUT2D eigenvalue weighted by Gasteiger charge is 2.30. The van der Waals surface area contributed by atoms with E-state index in [0.29, 0.717) is 23.0 Å². The molecule has 9 heteroatoms. The molecule has 0 radical (unpaired) electrons. The number of para-hydroxylation sites is 1. The van der Waals surface area contributed by atoms with Crippen LogP contribution < -0.4 is 10.6 Å². The number of aromatic nitrogens is 3. The van der Waals surface area contributed by atoms with Gasteiger partial charge in [0.05, 0.1) is 21.9 Å². The number of carbonyl (C=O) groups excluding carboxylic acids is 2. The molecule has 1 aliphatic carbocycles. The molecule has 34 heavy (non-hydrogen) atoms. The highest BCUT2D eigenvalue weighted by molar-refractivity contribution is 7.99. The number of nitrogens with one attached hydrogen (secondary N) is 2. The molecule has 4 aromatic rings. The van der Waals surface area contributed by atoms with E-state index in [-0.39, 0.29) is 17.6 Å². The van der Waals surface area contributed by atoms with E-state index in [2.05, 4.69) is 25.4 Å². The fourth-order valence-corrected chi connectivity index (χ4v) is 5.15. The molecule has 2 aromatic carbocycles. The second-order valence-electron chi connectivity index (χ2n) is 8.09. The first kappa shape index (κ1) is 22.4. The van der Waals surface area contributed by atoms with Crippen molar-refractivity contribution in [3.8, 4) is 10.7 Å². The Labute approximate surface area is 205 Å². The van der Waals surface area contributed by atoms with Gasteiger partial charge in [-0.15, -0.1) is 21.5 Å². The van der Waals surface area contributed by atoms with Crippen molar-refractivity contribution >= 4 is 46.3 Å². The summed E-state index contributed by atoms with van der Waals surface area (Å²) in [5.41, 5.74) is 2.64. The minimum Gasteiger partial charge on any atom is -0.325 e. The number of thiophene rings is 1. The monoisotopic (exact) mass is 489 g/mol. The molecule has 1 fully saturated rings. The van der Waals surface area contributed by atoms with Gasteiger partial charge in [-0.05, 0) is 61.0 Å². The zero-order valence-corrected chi connectivity index (χ0v) is 20.2. The normalized spacial score (nSPS) is 13.0. The first-order valence-corrected chi connectivity index (χ1v) is 12.8. The molecule has 2 heterocycles. The second-order valence-corrected chi connectivity index (χ2v) is 9.98. The van der Waals surface area contributed by atoms with Gasteiger partial charge in [0.15, 0.2) is 11.0 Å². The maximum absolute atomic E-state index is 12.9. The molecule has 7 nitrogen and oxygen atoms in total. The third-order valence-electron chi connectivity index (χ3n) is 5.37. The number of rotatable bonds is 8. The number of hydrogen-bond donors (Lipinski definition) is 2. The summed E-state index contributed by atoms with van der Waals surface area (Å²) >= 11 is 2.99. The Kier molecular flexibility index (Phi) is 6.46. The molecule has 0 atom stereocenters. The van der Waals surface area contributed by atoms with E-state index in [0.717, 1.165) is 34.3 Å². The molecule has 2 aromatic heterocycles. The molecule has 0 spiro atoms. The number of benzene rings is 2. The standard InChI is InChI=1S/C25H23N5O2S2/c1-16-6-4-7-17(14-16)26-24(32)19-8-2-3-9-20(19)27-22(31)15-34-25-29-28-23(21-10-5-13-33-21)30(25)18-11-12-18/h2-10,13-14,18H,11-12,15H2,1H3,(H,26,32)(H,27,31).